The highest BCUT2D eigenvalue weighted by atomic mass is 16.3. The van der Waals surface area contributed by atoms with E-state index in [0.29, 0.717) is 0 Å². The fraction of sp³-hybridized carbons (Fsp3) is 0.417. The van der Waals surface area contributed by atoms with Gasteiger partial charge in [-0.2, -0.15) is 0 Å². The Bertz CT molecular complexity index is 3720. The Morgan fingerprint density at radius 2 is 1.10 bits per heavy atom. The lowest BCUT2D eigenvalue weighted by Gasteiger charge is -2.53. The zero-order valence-corrected chi connectivity index (χ0v) is 49.5. The highest BCUT2D eigenvalue weighted by molar-refractivity contribution is 6.94. The average Bonchev–Trinajstić information content (AvgIpc) is 4.10. The minimum absolute atomic E-state index is 0.0254. The molecule has 0 spiro atoms. The molecule has 4 heterocycles. The van der Waals surface area contributed by atoms with E-state index in [1.165, 1.54) is 119 Å². The Kier molecular flexibility index (Phi) is 10.6. The lowest BCUT2D eigenvalue weighted by Crippen LogP contribution is -2.65. The second-order valence-electron chi connectivity index (χ2n) is 29.4. The predicted molar refractivity (Wildman–Crippen MR) is 331 cm³/mol. The molecule has 2 atom stereocenters. The molecule has 0 bridgehead atoms. The van der Waals surface area contributed by atoms with Crippen molar-refractivity contribution in [1.82, 2.24) is 0 Å². The van der Waals surface area contributed by atoms with Crippen molar-refractivity contribution in [3.05, 3.63) is 160 Å². The van der Waals surface area contributed by atoms with Crippen LogP contribution in [0.25, 0.3) is 33.1 Å². The summed E-state index contributed by atoms with van der Waals surface area (Å²) < 4.78 is 7.61. The van der Waals surface area contributed by atoms with Gasteiger partial charge in [-0.1, -0.05) is 170 Å². The van der Waals surface area contributed by atoms with Gasteiger partial charge in [0.05, 0.1) is 11.2 Å². The van der Waals surface area contributed by atoms with Gasteiger partial charge in [0.25, 0.3) is 0 Å². The number of anilines is 7. The molecule has 0 saturated heterocycles. The van der Waals surface area contributed by atoms with Crippen molar-refractivity contribution >= 4 is 79.5 Å². The maximum absolute atomic E-state index is 7.61. The number of hydrogen-bond acceptors (Lipinski definition) is 4. The fourth-order valence-electron chi connectivity index (χ4n) is 15.2. The summed E-state index contributed by atoms with van der Waals surface area (Å²) in [6, 6.07) is 46.3. The quantitative estimate of drug-likeness (QED) is 0.164. The molecule has 77 heavy (non-hydrogen) atoms. The maximum atomic E-state index is 7.61. The van der Waals surface area contributed by atoms with Crippen molar-refractivity contribution in [2.45, 2.75) is 194 Å². The zero-order valence-electron chi connectivity index (χ0n) is 49.5. The third kappa shape index (κ3) is 7.22. The van der Waals surface area contributed by atoms with Crippen LogP contribution >= 0.6 is 0 Å². The smallest absolute Gasteiger partial charge is 0.333 e. The molecule has 0 amide bonds. The van der Waals surface area contributed by atoms with E-state index in [-0.39, 0.29) is 44.9 Å². The van der Waals surface area contributed by atoms with Crippen molar-refractivity contribution in [3.8, 4) is 11.1 Å². The SMILES string of the molecule is Cc1ccc(N2B3c4cc(C(C)(C)C)cc5c4N(c4cc(N(c6ccc(C(C)(C)C)cc6)c6ccc(C(C)(C)C)cc6)cc(c43)-c3ccc4c(oc6cc7c(cc64)C(C)(C)CCC7(C)C)c32)C2(C)CCCCC52C)c(C)c1. The van der Waals surface area contributed by atoms with E-state index in [1.807, 2.05) is 0 Å². The van der Waals surface area contributed by atoms with Gasteiger partial charge in [0.15, 0.2) is 5.58 Å². The molecule has 8 aromatic rings. The third-order valence-corrected chi connectivity index (χ3v) is 20.3. The summed E-state index contributed by atoms with van der Waals surface area (Å²) in [6.45, 7) is 40.6. The van der Waals surface area contributed by atoms with Crippen LogP contribution in [0.4, 0.5) is 39.8 Å². The molecule has 1 fully saturated rings. The molecule has 5 heteroatoms. The molecule has 1 saturated carbocycles. The van der Waals surface area contributed by atoms with E-state index in [4.69, 9.17) is 4.42 Å². The predicted octanol–water partition coefficient (Wildman–Crippen LogP) is 18.9. The molecule has 2 aliphatic carbocycles. The molecule has 4 nitrogen and oxygen atoms in total. The number of benzene rings is 7. The topological polar surface area (TPSA) is 22.9 Å². The number of rotatable bonds is 4. The molecule has 2 unspecified atom stereocenters. The molecular weight excluding hydrogens is 934 g/mol. The molecule has 7 aromatic carbocycles. The number of aryl methyl sites for hydroxylation is 2. The monoisotopic (exact) mass is 1020 g/mol. The van der Waals surface area contributed by atoms with Crippen molar-refractivity contribution in [2.24, 2.45) is 0 Å². The van der Waals surface area contributed by atoms with E-state index in [2.05, 4.69) is 248 Å². The lowest BCUT2D eigenvalue weighted by atomic mass is 9.43. The van der Waals surface area contributed by atoms with Crippen LogP contribution in [0.3, 0.4) is 0 Å². The number of fused-ring (bicyclic) bond motifs is 12. The average molecular weight is 1020 g/mol. The van der Waals surface area contributed by atoms with Crippen LogP contribution < -0.4 is 25.5 Å². The Morgan fingerprint density at radius 3 is 1.70 bits per heavy atom. The minimum atomic E-state index is -0.155. The van der Waals surface area contributed by atoms with Crippen molar-refractivity contribution < 1.29 is 4.42 Å². The standard InChI is InChI=1S/C72H82BN3O/c1-43-20-31-59(44(2)36-43)76-63-51(29-30-52-53-41-55-56(42-61(53)77-65(52)63)70(14,15)35-34-69(55,12)13)54-39-50(74(48-25-21-45(22-26-48)66(3,4)5)49-27-23-46(24-28-49)67(6,7)8)40-60-62(54)73(76)58-38-47(68(9,10)11)37-57-64(58)75(60)72(17)33-19-18-32-71(57,72)16/h20-31,36-42H,18-19,32-35H2,1-17H3. The van der Waals surface area contributed by atoms with Gasteiger partial charge < -0.3 is 19.0 Å². The summed E-state index contributed by atoms with van der Waals surface area (Å²) in [7, 11) is 0. The first-order chi connectivity index (χ1) is 36.1. The van der Waals surface area contributed by atoms with Gasteiger partial charge in [0, 0.05) is 55.9 Å². The first-order valence-corrected chi connectivity index (χ1v) is 29.2. The lowest BCUT2D eigenvalue weighted by molar-refractivity contribution is 0.195. The van der Waals surface area contributed by atoms with Crippen molar-refractivity contribution in [2.75, 3.05) is 14.6 Å². The first kappa shape index (κ1) is 50.3. The molecule has 3 aliphatic heterocycles. The maximum Gasteiger partial charge on any atom is 0.333 e. The highest BCUT2D eigenvalue weighted by Gasteiger charge is 2.62. The van der Waals surface area contributed by atoms with Crippen LogP contribution in [0.1, 0.15) is 187 Å². The second-order valence-corrected chi connectivity index (χ2v) is 29.4. The van der Waals surface area contributed by atoms with E-state index in [0.717, 1.165) is 47.5 Å². The highest BCUT2D eigenvalue weighted by Crippen LogP contribution is 2.64. The molecule has 0 N–H and O–H groups in total. The fourth-order valence-corrected chi connectivity index (χ4v) is 15.2. The van der Waals surface area contributed by atoms with Crippen LogP contribution in [-0.2, 0) is 32.5 Å². The van der Waals surface area contributed by atoms with E-state index in [9.17, 15) is 0 Å². The zero-order chi connectivity index (χ0) is 54.5. The van der Waals surface area contributed by atoms with E-state index in [1.54, 1.807) is 0 Å². The van der Waals surface area contributed by atoms with E-state index < -0.39 is 0 Å². The van der Waals surface area contributed by atoms with Crippen molar-refractivity contribution in [1.29, 1.82) is 0 Å². The van der Waals surface area contributed by atoms with Gasteiger partial charge in [-0.15, -0.1) is 0 Å². The number of nitrogens with zero attached hydrogens (tertiary/aromatic N) is 3. The largest absolute Gasteiger partial charge is 0.454 e. The second kappa shape index (κ2) is 16.2. The molecular formula is C72H82BN3O. The van der Waals surface area contributed by atoms with Crippen LogP contribution in [0.5, 0.6) is 0 Å². The third-order valence-electron chi connectivity index (χ3n) is 20.3. The van der Waals surface area contributed by atoms with E-state index >= 15 is 0 Å². The molecule has 394 valence electrons. The molecule has 1 aromatic heterocycles. The Balaban J connectivity index is 1.19. The van der Waals surface area contributed by atoms with Crippen molar-refractivity contribution in [3.63, 3.8) is 0 Å². The van der Waals surface area contributed by atoms with Gasteiger partial charge in [-0.25, -0.2) is 0 Å². The normalized spacial score (nSPS) is 21.0. The summed E-state index contributed by atoms with van der Waals surface area (Å²) >= 11 is 0. The Hall–Kier alpha value is -6.20. The summed E-state index contributed by atoms with van der Waals surface area (Å²) in [4.78, 5) is 8.21. The van der Waals surface area contributed by atoms with Gasteiger partial charge in [0.1, 0.15) is 5.58 Å². The number of hydrogen-bond donors (Lipinski definition) is 0. The van der Waals surface area contributed by atoms with Gasteiger partial charge in [0.2, 0.25) is 0 Å². The van der Waals surface area contributed by atoms with Crippen LogP contribution in [0.15, 0.2) is 120 Å². The summed E-state index contributed by atoms with van der Waals surface area (Å²) in [5.74, 6) is 0. The number of furan rings is 1. The Labute approximate surface area is 461 Å². The van der Waals surface area contributed by atoms with Crippen LogP contribution in [0.2, 0.25) is 0 Å². The van der Waals surface area contributed by atoms with Gasteiger partial charge in [-0.3, -0.25) is 0 Å². The van der Waals surface area contributed by atoms with Gasteiger partial charge in [-0.05, 0) is 190 Å². The summed E-state index contributed by atoms with van der Waals surface area (Å²) in [5.41, 5.74) is 26.8. The minimum Gasteiger partial charge on any atom is -0.454 e. The molecule has 0 radical (unpaired) electrons. The molecule has 13 rings (SSSR count). The summed E-state index contributed by atoms with van der Waals surface area (Å²) in [6.07, 6.45) is 7.07. The van der Waals surface area contributed by atoms with Crippen LogP contribution in [0, 0.1) is 13.8 Å². The van der Waals surface area contributed by atoms with Gasteiger partial charge >= 0.3 is 6.85 Å². The van der Waals surface area contributed by atoms with Crippen LogP contribution in [-0.4, -0.2) is 12.4 Å². The first-order valence-electron chi connectivity index (χ1n) is 29.2. The molecule has 5 aliphatic rings. The Morgan fingerprint density at radius 1 is 0.506 bits per heavy atom. The summed E-state index contributed by atoms with van der Waals surface area (Å²) in [5, 5.41) is 2.40.